The van der Waals surface area contributed by atoms with Gasteiger partial charge >= 0.3 is 0 Å². The summed E-state index contributed by atoms with van der Waals surface area (Å²) in [5, 5.41) is 4.13. The number of nitrogens with zero attached hydrogens (tertiary/aromatic N) is 5. The third-order valence-electron chi connectivity index (χ3n) is 6.38. The Bertz CT molecular complexity index is 665. The van der Waals surface area contributed by atoms with E-state index in [4.69, 9.17) is 9.26 Å². The lowest BCUT2D eigenvalue weighted by Gasteiger charge is -2.45. The molecule has 1 aromatic heterocycles. The smallest absolute Gasteiger partial charge is 0.240 e. The molecule has 8 nitrogen and oxygen atoms in total. The predicted octanol–water partition coefficient (Wildman–Crippen LogP) is 1.56. The molecule has 3 saturated heterocycles. The van der Waals surface area contributed by atoms with Crippen LogP contribution in [0.15, 0.2) is 4.52 Å². The topological polar surface area (TPSA) is 74.9 Å². The van der Waals surface area contributed by atoms with Gasteiger partial charge in [0.1, 0.15) is 0 Å². The van der Waals surface area contributed by atoms with Crippen LogP contribution in [0.3, 0.4) is 0 Å². The van der Waals surface area contributed by atoms with Gasteiger partial charge in [-0.3, -0.25) is 14.6 Å². The average molecular weight is 406 g/mol. The molecule has 0 radical (unpaired) electrons. The highest BCUT2D eigenvalue weighted by molar-refractivity contribution is 5.83. The Morgan fingerprint density at radius 3 is 2.55 bits per heavy atom. The predicted molar refractivity (Wildman–Crippen MR) is 108 cm³/mol. The van der Waals surface area contributed by atoms with Crippen molar-refractivity contribution in [3.8, 4) is 0 Å². The SMILES string of the molecule is CC(C)Cc1nc(CN2CCN([C@@H]3CCCN(C4CCOCC4)C3=O)CC2)no1. The molecule has 3 aliphatic rings. The maximum absolute atomic E-state index is 13.2. The highest BCUT2D eigenvalue weighted by atomic mass is 16.5. The molecule has 0 spiro atoms. The van der Waals surface area contributed by atoms with Crippen LogP contribution >= 0.6 is 0 Å². The zero-order chi connectivity index (χ0) is 20.2. The number of carbonyl (C=O) groups is 1. The Kier molecular flexibility index (Phi) is 6.82. The summed E-state index contributed by atoms with van der Waals surface area (Å²) in [6.45, 7) is 11.2. The zero-order valence-electron chi connectivity index (χ0n) is 17.9. The summed E-state index contributed by atoms with van der Waals surface area (Å²) < 4.78 is 10.8. The highest BCUT2D eigenvalue weighted by Crippen LogP contribution is 2.24. The number of likely N-dealkylation sites (tertiary alicyclic amines) is 1. The second-order valence-corrected chi connectivity index (χ2v) is 9.05. The summed E-state index contributed by atoms with van der Waals surface area (Å²) in [7, 11) is 0. The summed E-state index contributed by atoms with van der Waals surface area (Å²) in [6, 6.07) is 0.426. The van der Waals surface area contributed by atoms with E-state index in [0.717, 1.165) is 96.3 Å². The summed E-state index contributed by atoms with van der Waals surface area (Å²) in [4.78, 5) is 24.6. The van der Waals surface area contributed by atoms with Gasteiger partial charge in [-0.05, 0) is 31.6 Å². The van der Waals surface area contributed by atoms with E-state index in [9.17, 15) is 4.79 Å². The van der Waals surface area contributed by atoms with Crippen LogP contribution in [0, 0.1) is 5.92 Å². The Hall–Kier alpha value is -1.51. The van der Waals surface area contributed by atoms with Crippen LogP contribution in [0.25, 0.3) is 0 Å². The number of rotatable bonds is 6. The molecule has 3 fully saturated rings. The van der Waals surface area contributed by atoms with Crippen molar-refractivity contribution in [1.82, 2.24) is 24.8 Å². The molecular weight excluding hydrogens is 370 g/mol. The van der Waals surface area contributed by atoms with Gasteiger partial charge in [0.25, 0.3) is 0 Å². The molecule has 1 amide bonds. The fraction of sp³-hybridized carbons (Fsp3) is 0.857. The van der Waals surface area contributed by atoms with E-state index in [-0.39, 0.29) is 6.04 Å². The fourth-order valence-electron chi connectivity index (χ4n) is 4.80. The minimum absolute atomic E-state index is 0.0524. The summed E-state index contributed by atoms with van der Waals surface area (Å²) in [5.74, 6) is 2.36. The molecule has 8 heteroatoms. The molecule has 29 heavy (non-hydrogen) atoms. The second-order valence-electron chi connectivity index (χ2n) is 9.05. The van der Waals surface area contributed by atoms with Crippen molar-refractivity contribution >= 4 is 5.91 Å². The van der Waals surface area contributed by atoms with E-state index in [1.54, 1.807) is 0 Å². The molecule has 1 aromatic rings. The van der Waals surface area contributed by atoms with Crippen molar-refractivity contribution in [3.63, 3.8) is 0 Å². The summed E-state index contributed by atoms with van der Waals surface area (Å²) in [5.41, 5.74) is 0. The number of aromatic nitrogens is 2. The Balaban J connectivity index is 1.27. The first kappa shape index (κ1) is 20.8. The van der Waals surface area contributed by atoms with Crippen LogP contribution in [0.1, 0.15) is 51.2 Å². The first-order chi connectivity index (χ1) is 14.1. The van der Waals surface area contributed by atoms with Gasteiger partial charge < -0.3 is 14.2 Å². The monoisotopic (exact) mass is 405 g/mol. The number of piperazine rings is 1. The lowest BCUT2D eigenvalue weighted by molar-refractivity contribution is -0.145. The maximum atomic E-state index is 13.2. The first-order valence-corrected chi connectivity index (χ1v) is 11.3. The molecule has 0 aliphatic carbocycles. The molecule has 0 unspecified atom stereocenters. The second kappa shape index (κ2) is 9.53. The Labute approximate surface area is 173 Å². The van der Waals surface area contributed by atoms with Gasteiger partial charge in [0.05, 0.1) is 12.6 Å². The highest BCUT2D eigenvalue weighted by Gasteiger charge is 2.37. The number of ether oxygens (including phenoxy) is 1. The minimum Gasteiger partial charge on any atom is -0.381 e. The third-order valence-corrected chi connectivity index (χ3v) is 6.38. The molecule has 4 rings (SSSR count). The van der Waals surface area contributed by atoms with Crippen molar-refractivity contribution in [2.75, 3.05) is 45.9 Å². The molecule has 162 valence electrons. The van der Waals surface area contributed by atoms with Crippen LogP contribution in [-0.2, 0) is 22.5 Å². The molecule has 4 heterocycles. The maximum Gasteiger partial charge on any atom is 0.240 e. The van der Waals surface area contributed by atoms with Gasteiger partial charge in [-0.25, -0.2) is 0 Å². The molecule has 0 saturated carbocycles. The molecule has 0 N–H and O–H groups in total. The number of hydrogen-bond donors (Lipinski definition) is 0. The number of piperidine rings is 1. The van der Waals surface area contributed by atoms with Crippen LogP contribution in [0.4, 0.5) is 0 Å². The average Bonchev–Trinajstić information content (AvgIpc) is 3.15. The Morgan fingerprint density at radius 1 is 1.07 bits per heavy atom. The van der Waals surface area contributed by atoms with E-state index in [2.05, 4.69) is 38.7 Å². The molecule has 0 bridgehead atoms. The van der Waals surface area contributed by atoms with Crippen LogP contribution < -0.4 is 0 Å². The van der Waals surface area contributed by atoms with Gasteiger partial charge in [0, 0.05) is 58.4 Å². The fourth-order valence-corrected chi connectivity index (χ4v) is 4.80. The van der Waals surface area contributed by atoms with Gasteiger partial charge in [0.15, 0.2) is 5.82 Å². The van der Waals surface area contributed by atoms with Gasteiger partial charge in [-0.1, -0.05) is 19.0 Å². The van der Waals surface area contributed by atoms with Crippen LogP contribution in [0.5, 0.6) is 0 Å². The third kappa shape index (κ3) is 5.16. The van der Waals surface area contributed by atoms with E-state index in [0.29, 0.717) is 17.9 Å². The van der Waals surface area contributed by atoms with E-state index in [1.807, 2.05) is 0 Å². The molecule has 0 aromatic carbocycles. The quantitative estimate of drug-likeness (QED) is 0.711. The lowest BCUT2D eigenvalue weighted by Crippen LogP contribution is -2.59. The normalized spacial score (nSPS) is 25.8. The first-order valence-electron chi connectivity index (χ1n) is 11.3. The lowest BCUT2D eigenvalue weighted by atomic mass is 9.97. The number of hydrogen-bond acceptors (Lipinski definition) is 7. The van der Waals surface area contributed by atoms with Crippen LogP contribution in [-0.4, -0.2) is 88.8 Å². The van der Waals surface area contributed by atoms with Gasteiger partial charge in [0.2, 0.25) is 11.8 Å². The van der Waals surface area contributed by atoms with E-state index in [1.165, 1.54) is 0 Å². The van der Waals surface area contributed by atoms with Crippen molar-refractivity contribution in [1.29, 1.82) is 0 Å². The summed E-state index contributed by atoms with van der Waals surface area (Å²) in [6.07, 6.45) is 4.89. The minimum atomic E-state index is 0.0524. The van der Waals surface area contributed by atoms with Crippen LogP contribution in [0.2, 0.25) is 0 Å². The van der Waals surface area contributed by atoms with Gasteiger partial charge in [-0.2, -0.15) is 4.98 Å². The van der Waals surface area contributed by atoms with Crippen molar-refractivity contribution in [2.24, 2.45) is 5.92 Å². The van der Waals surface area contributed by atoms with Crippen molar-refractivity contribution in [2.45, 2.75) is 64.6 Å². The molecule has 3 aliphatic heterocycles. The molecular formula is C21H35N5O3. The largest absolute Gasteiger partial charge is 0.381 e. The molecule has 1 atom stereocenters. The van der Waals surface area contributed by atoms with Crippen molar-refractivity contribution in [3.05, 3.63) is 11.7 Å². The number of carbonyl (C=O) groups excluding carboxylic acids is 1. The summed E-state index contributed by atoms with van der Waals surface area (Å²) >= 11 is 0. The Morgan fingerprint density at radius 2 is 1.83 bits per heavy atom. The zero-order valence-corrected chi connectivity index (χ0v) is 17.9. The van der Waals surface area contributed by atoms with Crippen molar-refractivity contribution < 1.29 is 14.1 Å². The van der Waals surface area contributed by atoms with E-state index < -0.39 is 0 Å². The number of amides is 1. The van der Waals surface area contributed by atoms with E-state index >= 15 is 0 Å². The van der Waals surface area contributed by atoms with Gasteiger partial charge in [-0.15, -0.1) is 0 Å². The standard InChI is InChI=1S/C21H35N5O3/c1-16(2)14-20-22-19(23-29-20)15-24-8-10-25(11-9-24)18-4-3-7-26(21(18)27)17-5-12-28-13-6-17/h16-18H,3-15H2,1-2H3/t18-/m1/s1.